The van der Waals surface area contributed by atoms with Crippen LogP contribution in [0.5, 0.6) is 0 Å². The van der Waals surface area contributed by atoms with Gasteiger partial charge < -0.3 is 23.8 Å². The maximum atomic E-state index is 12.8. The van der Waals surface area contributed by atoms with Crippen molar-refractivity contribution in [3.05, 3.63) is 0 Å². The fourth-order valence-corrected chi connectivity index (χ4v) is 6.69. The Bertz CT molecular complexity index is 1010. The molecule has 0 aromatic heterocycles. The molecule has 0 aliphatic heterocycles. The molecule has 0 radical (unpaired) electrons. The third kappa shape index (κ3) is 36.1. The lowest BCUT2D eigenvalue weighted by molar-refractivity contribution is -0.162. The minimum Gasteiger partial charge on any atom is -0.462 e. The van der Waals surface area contributed by atoms with Crippen LogP contribution < -0.4 is 0 Å². The molecule has 0 amide bonds. The van der Waals surface area contributed by atoms with Gasteiger partial charge in [0.05, 0.1) is 13.2 Å². The van der Waals surface area contributed by atoms with Gasteiger partial charge in [-0.05, 0) is 25.7 Å². The molecule has 0 fully saturated rings. The van der Waals surface area contributed by atoms with Crippen LogP contribution in [0.25, 0.3) is 0 Å². The third-order valence-corrected chi connectivity index (χ3v) is 10.1. The Kier molecular flexibility index (Phi) is 36.2. The average molecular weight is 807 g/mol. The van der Waals surface area contributed by atoms with E-state index in [0.29, 0.717) is 25.7 Å². The van der Waals surface area contributed by atoms with E-state index < -0.39 is 57.1 Å². The quantitative estimate of drug-likeness (QED) is 0.0270. The fourth-order valence-electron chi connectivity index (χ4n) is 5.91. The Labute approximate surface area is 333 Å². The summed E-state index contributed by atoms with van der Waals surface area (Å²) in [6.45, 7) is 6.18. The summed E-state index contributed by atoms with van der Waals surface area (Å²) in [6.07, 6.45) is 24.7. The minimum absolute atomic E-state index is 0.108. The first-order valence-electron chi connectivity index (χ1n) is 21.9. The maximum absolute atomic E-state index is 12.8. The number of carbonyl (C=O) groups excluding carboxylic acids is 4. The van der Waals surface area contributed by atoms with Crippen molar-refractivity contribution < 1.29 is 56.6 Å². The predicted octanol–water partition coefficient (Wildman–Crippen LogP) is 11.0. The van der Waals surface area contributed by atoms with E-state index in [2.05, 4.69) is 13.8 Å². The van der Waals surface area contributed by atoms with Crippen LogP contribution in [0.1, 0.15) is 207 Å². The van der Waals surface area contributed by atoms with Crippen molar-refractivity contribution in [3.63, 3.8) is 0 Å². The number of hydrogen-bond donors (Lipinski definition) is 1. The molecule has 0 aromatic carbocycles. The van der Waals surface area contributed by atoms with Crippen molar-refractivity contribution in [2.45, 2.75) is 220 Å². The van der Waals surface area contributed by atoms with Gasteiger partial charge in [0.1, 0.15) is 13.2 Å². The molecule has 0 heterocycles. The predicted molar refractivity (Wildman–Crippen MR) is 215 cm³/mol. The number of hydrogen-bond acceptors (Lipinski definition) is 11. The highest BCUT2D eigenvalue weighted by Crippen LogP contribution is 2.43. The first kappa shape index (κ1) is 53.0. The van der Waals surface area contributed by atoms with Crippen LogP contribution in [0, 0.1) is 0 Å². The van der Waals surface area contributed by atoms with Gasteiger partial charge in [0.15, 0.2) is 12.2 Å². The van der Waals surface area contributed by atoms with Crippen molar-refractivity contribution in [3.8, 4) is 0 Å². The molecule has 0 saturated carbocycles. The van der Waals surface area contributed by atoms with Crippen LogP contribution in [0.4, 0.5) is 0 Å². The number of unbranched alkanes of at least 4 members (excludes halogenated alkanes) is 20. The van der Waals surface area contributed by atoms with Gasteiger partial charge >= 0.3 is 31.7 Å². The fraction of sp³-hybridized carbons (Fsp3) is 0.905. The minimum atomic E-state index is -4.76. The number of esters is 4. The Morgan fingerprint density at radius 2 is 0.691 bits per heavy atom. The lowest BCUT2D eigenvalue weighted by Gasteiger charge is -2.22. The molecular formula is C42H79O12P. The number of phosphoric acid groups is 1. The van der Waals surface area contributed by atoms with Gasteiger partial charge in [-0.1, -0.05) is 156 Å². The standard InChI is InChI=1S/C42H79O12P/c1-5-9-11-13-15-17-19-21-23-25-27-31-40(44)50-34-38(54-42(46)32-28-26-24-22-20-18-16-14-12-10-6-2)36-52-55(47,48)51-35-37(53-41(45)30-8-4)33-49-39(43)29-7-3/h37-38H,5-36H2,1-4H3,(H,47,48)/t37?,38-/m1/s1. The van der Waals surface area contributed by atoms with Crippen LogP contribution in [0.3, 0.4) is 0 Å². The van der Waals surface area contributed by atoms with E-state index in [-0.39, 0.29) is 38.9 Å². The SMILES string of the molecule is CCCCCCCCCCCCCC(=O)OC[C@H](COP(=O)(O)OCC(COC(=O)CCC)OC(=O)CCC)OC(=O)CCCCCCCCCCCCC. The molecule has 3 atom stereocenters. The molecule has 324 valence electrons. The van der Waals surface area contributed by atoms with Gasteiger partial charge in [0.25, 0.3) is 0 Å². The van der Waals surface area contributed by atoms with E-state index in [1.165, 1.54) is 89.9 Å². The summed E-state index contributed by atoms with van der Waals surface area (Å²) in [4.78, 5) is 59.6. The number of carbonyl (C=O) groups is 4. The average Bonchev–Trinajstić information content (AvgIpc) is 3.15. The Hall–Kier alpha value is -2.01. The van der Waals surface area contributed by atoms with Crippen molar-refractivity contribution in [2.24, 2.45) is 0 Å². The van der Waals surface area contributed by atoms with Crippen LogP contribution in [-0.4, -0.2) is 67.4 Å². The number of rotatable bonds is 40. The van der Waals surface area contributed by atoms with Crippen LogP contribution >= 0.6 is 7.82 Å². The third-order valence-electron chi connectivity index (χ3n) is 9.18. The zero-order valence-electron chi connectivity index (χ0n) is 35.2. The molecule has 13 heteroatoms. The van der Waals surface area contributed by atoms with E-state index in [0.717, 1.165) is 38.5 Å². The zero-order valence-corrected chi connectivity index (χ0v) is 36.1. The van der Waals surface area contributed by atoms with Crippen LogP contribution in [0.15, 0.2) is 0 Å². The summed E-state index contributed by atoms with van der Waals surface area (Å²) in [5.41, 5.74) is 0. The van der Waals surface area contributed by atoms with E-state index >= 15 is 0 Å². The summed E-state index contributed by atoms with van der Waals surface area (Å²) in [6, 6.07) is 0. The Morgan fingerprint density at radius 1 is 0.400 bits per heavy atom. The van der Waals surface area contributed by atoms with Gasteiger partial charge in [-0.2, -0.15) is 0 Å². The molecule has 2 unspecified atom stereocenters. The highest BCUT2D eigenvalue weighted by Gasteiger charge is 2.29. The van der Waals surface area contributed by atoms with Gasteiger partial charge in [0.2, 0.25) is 0 Å². The van der Waals surface area contributed by atoms with E-state index in [4.69, 9.17) is 28.0 Å². The van der Waals surface area contributed by atoms with Gasteiger partial charge in [-0.3, -0.25) is 28.2 Å². The second kappa shape index (κ2) is 37.6. The highest BCUT2D eigenvalue weighted by molar-refractivity contribution is 7.47. The second-order valence-corrected chi connectivity index (χ2v) is 16.2. The van der Waals surface area contributed by atoms with E-state index in [1.807, 2.05) is 6.92 Å². The smallest absolute Gasteiger partial charge is 0.462 e. The molecule has 0 aliphatic rings. The van der Waals surface area contributed by atoms with E-state index in [9.17, 15) is 28.6 Å². The van der Waals surface area contributed by atoms with Gasteiger partial charge in [0, 0.05) is 25.7 Å². The van der Waals surface area contributed by atoms with Crippen molar-refractivity contribution in [2.75, 3.05) is 26.4 Å². The first-order chi connectivity index (χ1) is 26.6. The van der Waals surface area contributed by atoms with Gasteiger partial charge in [-0.25, -0.2) is 4.57 Å². The molecule has 0 bridgehead atoms. The van der Waals surface area contributed by atoms with E-state index in [1.54, 1.807) is 6.92 Å². The first-order valence-corrected chi connectivity index (χ1v) is 23.4. The second-order valence-electron chi connectivity index (χ2n) is 14.7. The van der Waals surface area contributed by atoms with Crippen molar-refractivity contribution in [1.29, 1.82) is 0 Å². The maximum Gasteiger partial charge on any atom is 0.472 e. The van der Waals surface area contributed by atoms with Gasteiger partial charge in [-0.15, -0.1) is 0 Å². The lowest BCUT2D eigenvalue weighted by atomic mass is 10.1. The summed E-state index contributed by atoms with van der Waals surface area (Å²) >= 11 is 0. The summed E-state index contributed by atoms with van der Waals surface area (Å²) < 4.78 is 44.4. The molecule has 0 saturated heterocycles. The zero-order chi connectivity index (χ0) is 40.8. The molecule has 0 aromatic rings. The topological polar surface area (TPSA) is 161 Å². The molecule has 0 spiro atoms. The number of ether oxygens (including phenoxy) is 4. The molecule has 12 nitrogen and oxygen atoms in total. The molecule has 55 heavy (non-hydrogen) atoms. The van der Waals surface area contributed by atoms with Crippen molar-refractivity contribution >= 4 is 31.7 Å². The monoisotopic (exact) mass is 807 g/mol. The normalized spacial score (nSPS) is 13.5. The molecule has 0 aliphatic carbocycles. The summed E-state index contributed by atoms with van der Waals surface area (Å²) in [7, 11) is -4.76. The summed E-state index contributed by atoms with van der Waals surface area (Å²) in [5.74, 6) is -2.04. The number of phosphoric ester groups is 1. The molecule has 0 rings (SSSR count). The summed E-state index contributed by atoms with van der Waals surface area (Å²) in [5, 5.41) is 0. The van der Waals surface area contributed by atoms with Crippen LogP contribution in [-0.2, 0) is 51.7 Å². The van der Waals surface area contributed by atoms with Crippen LogP contribution in [0.2, 0.25) is 0 Å². The Balaban J connectivity index is 4.94. The van der Waals surface area contributed by atoms with Crippen molar-refractivity contribution in [1.82, 2.24) is 0 Å². The molecular weight excluding hydrogens is 727 g/mol. The molecule has 1 N–H and O–H groups in total. The Morgan fingerprint density at radius 3 is 1.05 bits per heavy atom. The highest BCUT2D eigenvalue weighted by atomic mass is 31.2. The lowest BCUT2D eigenvalue weighted by Crippen LogP contribution is -2.31. The largest absolute Gasteiger partial charge is 0.472 e.